The lowest BCUT2D eigenvalue weighted by atomic mass is 10.0. The Hall–Kier alpha value is -2.04. The number of hydrogen-bond donors (Lipinski definition) is 0. The average Bonchev–Trinajstić information content (AvgIpc) is 3.19. The summed E-state index contributed by atoms with van der Waals surface area (Å²) in [7, 11) is 0. The predicted octanol–water partition coefficient (Wildman–Crippen LogP) is 3.62. The highest BCUT2D eigenvalue weighted by Gasteiger charge is 2.16. The maximum Gasteiger partial charge on any atom is 0.214 e. The van der Waals surface area contributed by atoms with Crippen LogP contribution in [-0.4, -0.2) is 20.8 Å². The van der Waals surface area contributed by atoms with E-state index in [1.807, 2.05) is 0 Å². The lowest BCUT2D eigenvalue weighted by molar-refractivity contribution is 0.103. The van der Waals surface area contributed by atoms with Gasteiger partial charge >= 0.3 is 0 Å². The van der Waals surface area contributed by atoms with Crippen LogP contribution in [-0.2, 0) is 6.54 Å². The molecule has 22 heavy (non-hydrogen) atoms. The minimum atomic E-state index is -0.355. The molecule has 0 bridgehead atoms. The smallest absolute Gasteiger partial charge is 0.214 e. The zero-order chi connectivity index (χ0) is 15.4. The third-order valence-corrected chi connectivity index (χ3v) is 4.35. The molecule has 1 aliphatic carbocycles. The number of nitrogens with zero attached hydrogens (tertiary/aromatic N) is 3. The van der Waals surface area contributed by atoms with Crippen molar-refractivity contribution in [2.24, 2.45) is 5.92 Å². The summed E-state index contributed by atoms with van der Waals surface area (Å²) in [4.78, 5) is 12.2. The molecular weight excluding hydrogens is 281 g/mol. The first-order valence-corrected chi connectivity index (χ1v) is 7.93. The molecule has 0 atom stereocenters. The van der Waals surface area contributed by atoms with E-state index in [0.717, 1.165) is 18.9 Å². The molecule has 1 heterocycles. The van der Waals surface area contributed by atoms with Gasteiger partial charge in [0.1, 0.15) is 5.82 Å². The molecule has 3 rings (SSSR count). The standard InChI is InChI=1S/C17H20FN3O/c18-15-9-7-14(8-10-15)17(22)16-12-21(20-19-16)11-3-6-13-4-1-2-5-13/h7-10,12-13H,1-6,11H2. The van der Waals surface area contributed by atoms with Crippen molar-refractivity contribution in [3.63, 3.8) is 0 Å². The monoisotopic (exact) mass is 301 g/mol. The van der Waals surface area contributed by atoms with Crippen molar-refractivity contribution in [1.29, 1.82) is 0 Å². The quantitative estimate of drug-likeness (QED) is 0.766. The van der Waals surface area contributed by atoms with Crippen LogP contribution in [0.15, 0.2) is 30.5 Å². The van der Waals surface area contributed by atoms with Gasteiger partial charge in [-0.2, -0.15) is 0 Å². The Morgan fingerprint density at radius 3 is 2.68 bits per heavy atom. The highest BCUT2D eigenvalue weighted by molar-refractivity contribution is 6.07. The van der Waals surface area contributed by atoms with Gasteiger partial charge in [-0.25, -0.2) is 4.39 Å². The third-order valence-electron chi connectivity index (χ3n) is 4.35. The van der Waals surface area contributed by atoms with Crippen LogP contribution in [0.3, 0.4) is 0 Å². The molecule has 0 unspecified atom stereocenters. The van der Waals surface area contributed by atoms with E-state index in [2.05, 4.69) is 10.3 Å². The van der Waals surface area contributed by atoms with Crippen LogP contribution in [0.25, 0.3) is 0 Å². The molecule has 0 spiro atoms. The molecule has 0 N–H and O–H groups in total. The van der Waals surface area contributed by atoms with Crippen LogP contribution in [0.2, 0.25) is 0 Å². The first-order chi connectivity index (χ1) is 10.7. The maximum absolute atomic E-state index is 12.9. The number of ketones is 1. The van der Waals surface area contributed by atoms with E-state index in [4.69, 9.17) is 0 Å². The van der Waals surface area contributed by atoms with Crippen LogP contribution in [0.5, 0.6) is 0 Å². The summed E-state index contributed by atoms with van der Waals surface area (Å²) in [6.45, 7) is 0.792. The largest absolute Gasteiger partial charge is 0.287 e. The summed E-state index contributed by atoms with van der Waals surface area (Å²) in [6.07, 6.45) is 9.41. The molecule has 1 fully saturated rings. The van der Waals surface area contributed by atoms with E-state index in [9.17, 15) is 9.18 Å². The van der Waals surface area contributed by atoms with E-state index < -0.39 is 0 Å². The van der Waals surface area contributed by atoms with Crippen molar-refractivity contribution >= 4 is 5.78 Å². The minimum absolute atomic E-state index is 0.220. The zero-order valence-electron chi connectivity index (χ0n) is 12.5. The molecule has 0 amide bonds. The van der Waals surface area contributed by atoms with Crippen molar-refractivity contribution in [3.05, 3.63) is 47.5 Å². The van der Waals surface area contributed by atoms with E-state index in [1.54, 1.807) is 10.9 Å². The zero-order valence-corrected chi connectivity index (χ0v) is 12.5. The molecule has 1 aromatic heterocycles. The lowest BCUT2D eigenvalue weighted by Crippen LogP contribution is -2.03. The molecule has 5 heteroatoms. The first-order valence-electron chi connectivity index (χ1n) is 7.93. The fraction of sp³-hybridized carbons (Fsp3) is 0.471. The summed E-state index contributed by atoms with van der Waals surface area (Å²) in [5.41, 5.74) is 0.742. The Labute approximate surface area is 129 Å². The second kappa shape index (κ2) is 6.81. The van der Waals surface area contributed by atoms with E-state index >= 15 is 0 Å². The second-order valence-electron chi connectivity index (χ2n) is 6.00. The van der Waals surface area contributed by atoms with Crippen molar-refractivity contribution in [1.82, 2.24) is 15.0 Å². The summed E-state index contributed by atoms with van der Waals surface area (Å²) < 4.78 is 14.6. The van der Waals surface area contributed by atoms with Gasteiger partial charge in [-0.15, -0.1) is 5.10 Å². The molecular formula is C17H20FN3O. The fourth-order valence-electron chi connectivity index (χ4n) is 3.10. The molecule has 1 aliphatic rings. The molecule has 0 radical (unpaired) electrons. The van der Waals surface area contributed by atoms with Crippen molar-refractivity contribution in [3.8, 4) is 0 Å². The van der Waals surface area contributed by atoms with Crippen LogP contribution in [0.4, 0.5) is 4.39 Å². The van der Waals surface area contributed by atoms with Gasteiger partial charge in [0.05, 0.1) is 6.20 Å². The van der Waals surface area contributed by atoms with E-state index in [-0.39, 0.29) is 11.6 Å². The van der Waals surface area contributed by atoms with Gasteiger partial charge in [0.2, 0.25) is 5.78 Å². The second-order valence-corrected chi connectivity index (χ2v) is 6.00. The van der Waals surface area contributed by atoms with Gasteiger partial charge in [-0.1, -0.05) is 30.9 Å². The fourth-order valence-corrected chi connectivity index (χ4v) is 3.10. The summed E-state index contributed by atoms with van der Waals surface area (Å²) in [6, 6.07) is 5.49. The topological polar surface area (TPSA) is 47.8 Å². The SMILES string of the molecule is O=C(c1ccc(F)cc1)c1cn(CCCC2CCCC2)nn1. The number of halogens is 1. The summed E-state index contributed by atoms with van der Waals surface area (Å²) >= 11 is 0. The van der Waals surface area contributed by atoms with Crippen molar-refractivity contribution < 1.29 is 9.18 Å². The van der Waals surface area contributed by atoms with Crippen molar-refractivity contribution in [2.45, 2.75) is 45.1 Å². The van der Waals surface area contributed by atoms with Gasteiger partial charge in [-0.3, -0.25) is 9.48 Å². The minimum Gasteiger partial charge on any atom is -0.287 e. The van der Waals surface area contributed by atoms with Crippen LogP contribution in [0, 0.1) is 11.7 Å². The van der Waals surface area contributed by atoms with Gasteiger partial charge in [0, 0.05) is 12.1 Å². The molecule has 4 nitrogen and oxygen atoms in total. The van der Waals surface area contributed by atoms with Crippen LogP contribution >= 0.6 is 0 Å². The Balaban J connectivity index is 1.55. The first kappa shape index (κ1) is 14.9. The Bertz CT molecular complexity index is 630. The highest BCUT2D eigenvalue weighted by Crippen LogP contribution is 2.28. The normalized spacial score (nSPS) is 15.3. The Kier molecular flexibility index (Phi) is 4.61. The molecule has 1 saturated carbocycles. The number of aromatic nitrogens is 3. The molecule has 1 aromatic carbocycles. The molecule has 0 aliphatic heterocycles. The summed E-state index contributed by atoms with van der Waals surface area (Å²) in [5, 5.41) is 7.95. The number of rotatable bonds is 6. The number of aryl methyl sites for hydroxylation is 1. The lowest BCUT2D eigenvalue weighted by Gasteiger charge is -2.07. The number of carbonyl (C=O) groups is 1. The molecule has 2 aromatic rings. The van der Waals surface area contributed by atoms with E-state index in [1.165, 1.54) is 56.4 Å². The molecule has 0 saturated heterocycles. The van der Waals surface area contributed by atoms with Gasteiger partial charge in [0.25, 0.3) is 0 Å². The van der Waals surface area contributed by atoms with Crippen LogP contribution < -0.4 is 0 Å². The van der Waals surface area contributed by atoms with Gasteiger partial charge < -0.3 is 0 Å². The third kappa shape index (κ3) is 3.59. The average molecular weight is 301 g/mol. The van der Waals surface area contributed by atoms with Gasteiger partial charge in [0.15, 0.2) is 5.69 Å². The Morgan fingerprint density at radius 2 is 1.95 bits per heavy atom. The van der Waals surface area contributed by atoms with Gasteiger partial charge in [-0.05, 0) is 43.0 Å². The summed E-state index contributed by atoms with van der Waals surface area (Å²) in [5.74, 6) is 0.290. The predicted molar refractivity (Wildman–Crippen MR) is 81.0 cm³/mol. The highest BCUT2D eigenvalue weighted by atomic mass is 19.1. The number of carbonyl (C=O) groups excluding carboxylic acids is 1. The Morgan fingerprint density at radius 1 is 1.23 bits per heavy atom. The number of hydrogen-bond acceptors (Lipinski definition) is 3. The number of benzene rings is 1. The van der Waals surface area contributed by atoms with E-state index in [0.29, 0.717) is 11.3 Å². The molecule has 116 valence electrons. The maximum atomic E-state index is 12.9. The van der Waals surface area contributed by atoms with Crippen molar-refractivity contribution in [2.75, 3.05) is 0 Å². The van der Waals surface area contributed by atoms with Crippen LogP contribution in [0.1, 0.15) is 54.6 Å².